The first-order valence-electron chi connectivity index (χ1n) is 11.7. The second-order valence-corrected chi connectivity index (χ2v) is 10.8. The molecule has 7 nitrogen and oxygen atoms in total. The van der Waals surface area contributed by atoms with E-state index in [9.17, 15) is 22.8 Å². The summed E-state index contributed by atoms with van der Waals surface area (Å²) in [5.41, 5.74) is 5.38. The first kappa shape index (κ1) is 25.6. The number of ether oxygens (including phenoxy) is 1. The highest BCUT2D eigenvalue weighted by atomic mass is 32.1. The Kier molecular flexibility index (Phi) is 6.93. The van der Waals surface area contributed by atoms with E-state index in [0.29, 0.717) is 62.7 Å². The van der Waals surface area contributed by atoms with Crippen molar-refractivity contribution < 1.29 is 27.5 Å². The van der Waals surface area contributed by atoms with Crippen LogP contribution in [-0.4, -0.2) is 83.8 Å². The minimum Gasteiger partial charge on any atom is -0.434 e. The van der Waals surface area contributed by atoms with Crippen molar-refractivity contribution in [2.24, 2.45) is 0 Å². The lowest BCUT2D eigenvalue weighted by Gasteiger charge is -2.43. The van der Waals surface area contributed by atoms with Crippen LogP contribution in [0.3, 0.4) is 0 Å². The van der Waals surface area contributed by atoms with Gasteiger partial charge in [0.15, 0.2) is 0 Å². The molecule has 0 saturated carbocycles. The summed E-state index contributed by atoms with van der Waals surface area (Å²) in [7, 11) is 0. The van der Waals surface area contributed by atoms with Gasteiger partial charge in [-0.05, 0) is 45.2 Å². The zero-order chi connectivity index (χ0) is 25.5. The van der Waals surface area contributed by atoms with Gasteiger partial charge in [0.05, 0.1) is 10.6 Å². The lowest BCUT2D eigenvalue weighted by atomic mass is 10.0. The van der Waals surface area contributed by atoms with Crippen molar-refractivity contribution in [3.05, 3.63) is 29.3 Å². The lowest BCUT2D eigenvalue weighted by Crippen LogP contribution is -2.55. The Balaban J connectivity index is 1.30. The fraction of sp³-hybridized carbons (Fsp3) is 0.583. The third-order valence-corrected chi connectivity index (χ3v) is 7.93. The molecule has 0 radical (unpaired) electrons. The topological polar surface area (TPSA) is 79.1 Å². The maximum Gasteiger partial charge on any atom is 0.427 e. The zero-order valence-corrected chi connectivity index (χ0v) is 21.0. The van der Waals surface area contributed by atoms with Gasteiger partial charge in [-0.2, -0.15) is 13.2 Å². The molecule has 4 rings (SSSR count). The van der Waals surface area contributed by atoms with Crippen LogP contribution >= 0.6 is 11.3 Å². The van der Waals surface area contributed by atoms with Crippen LogP contribution in [0.5, 0.6) is 0 Å². The number of nitrogen functional groups attached to an aromatic ring is 1. The van der Waals surface area contributed by atoms with Gasteiger partial charge in [-0.3, -0.25) is 9.69 Å². The maximum absolute atomic E-state index is 13.3. The van der Waals surface area contributed by atoms with E-state index >= 15 is 0 Å². The predicted molar refractivity (Wildman–Crippen MR) is 130 cm³/mol. The van der Waals surface area contributed by atoms with Crippen LogP contribution in [0.15, 0.2) is 18.2 Å². The number of piperidine rings is 1. The zero-order valence-electron chi connectivity index (χ0n) is 20.2. The number of nitrogens with two attached hydrogens (primary N) is 1. The molecule has 0 unspecified atom stereocenters. The number of hydrogen-bond donors (Lipinski definition) is 1. The van der Waals surface area contributed by atoms with Crippen LogP contribution in [0.1, 0.15) is 42.6 Å². The largest absolute Gasteiger partial charge is 0.434 e. The molecule has 2 saturated heterocycles. The molecule has 2 aliphatic rings. The van der Waals surface area contributed by atoms with E-state index in [4.69, 9.17) is 10.5 Å². The number of nitrogens with zero attached hydrogens (tertiary/aromatic N) is 3. The Labute approximate surface area is 206 Å². The van der Waals surface area contributed by atoms with Crippen LogP contribution in [0.25, 0.3) is 10.1 Å². The number of carbonyl (C=O) groups is 2. The number of benzene rings is 1. The van der Waals surface area contributed by atoms with Gasteiger partial charge in [-0.25, -0.2) is 4.79 Å². The maximum atomic E-state index is 13.3. The van der Waals surface area contributed by atoms with E-state index in [-0.39, 0.29) is 11.9 Å². The minimum atomic E-state index is -4.63. The summed E-state index contributed by atoms with van der Waals surface area (Å²) in [6.45, 7) is 6.94. The number of hydrogen-bond acceptors (Lipinski definition) is 6. The molecule has 1 aromatic heterocycles. The summed E-state index contributed by atoms with van der Waals surface area (Å²) in [5, 5.41) is 1.42. The Morgan fingerprint density at radius 3 is 2.26 bits per heavy atom. The highest BCUT2D eigenvalue weighted by Crippen LogP contribution is 2.36. The number of piperazine rings is 1. The number of amides is 2. The monoisotopic (exact) mass is 512 g/mol. The number of thiophene rings is 1. The molecule has 2 amide bonds. The number of likely N-dealkylation sites (tertiary alicyclic amines) is 1. The molecule has 0 spiro atoms. The molecule has 2 fully saturated rings. The summed E-state index contributed by atoms with van der Waals surface area (Å²) >= 11 is 1.43. The van der Waals surface area contributed by atoms with Crippen molar-refractivity contribution in [1.29, 1.82) is 0 Å². The molecule has 11 heteroatoms. The average molecular weight is 513 g/mol. The first-order valence-corrected chi connectivity index (χ1v) is 12.6. The Bertz CT molecular complexity index is 1100. The third kappa shape index (κ3) is 5.20. The summed E-state index contributed by atoms with van der Waals surface area (Å²) in [4.78, 5) is 31.0. The van der Waals surface area contributed by atoms with Crippen LogP contribution < -0.4 is 5.73 Å². The molecule has 3 heterocycles. The Morgan fingerprint density at radius 1 is 1.03 bits per heavy atom. The van der Waals surface area contributed by atoms with Crippen molar-refractivity contribution in [1.82, 2.24) is 14.7 Å². The summed E-state index contributed by atoms with van der Waals surface area (Å²) < 4.78 is 44.8. The van der Waals surface area contributed by atoms with Crippen molar-refractivity contribution in [3.63, 3.8) is 0 Å². The molecule has 0 aliphatic carbocycles. The van der Waals surface area contributed by atoms with Gasteiger partial charge in [0.2, 0.25) is 5.60 Å². The molecule has 35 heavy (non-hydrogen) atoms. The second kappa shape index (κ2) is 9.50. The van der Waals surface area contributed by atoms with Crippen LogP contribution in [0, 0.1) is 6.92 Å². The summed E-state index contributed by atoms with van der Waals surface area (Å²) in [5.74, 6) is -0.0536. The number of anilines is 1. The molecular formula is C24H31F3N4O3S. The van der Waals surface area contributed by atoms with Crippen molar-refractivity contribution >= 4 is 38.4 Å². The Hall–Kier alpha value is -2.53. The molecule has 1 aromatic carbocycles. The molecule has 0 atom stereocenters. The summed E-state index contributed by atoms with van der Waals surface area (Å²) in [6, 6.07) is 6.18. The fourth-order valence-corrected chi connectivity index (χ4v) is 5.71. The van der Waals surface area contributed by atoms with Gasteiger partial charge < -0.3 is 20.3 Å². The van der Waals surface area contributed by atoms with E-state index in [2.05, 4.69) is 4.90 Å². The van der Waals surface area contributed by atoms with E-state index in [1.807, 2.05) is 30.0 Å². The number of fused-ring (bicyclic) bond motifs is 1. The van der Waals surface area contributed by atoms with E-state index < -0.39 is 17.9 Å². The quantitative estimate of drug-likeness (QED) is 0.656. The van der Waals surface area contributed by atoms with E-state index in [0.717, 1.165) is 29.5 Å². The lowest BCUT2D eigenvalue weighted by molar-refractivity contribution is -0.246. The van der Waals surface area contributed by atoms with Gasteiger partial charge in [-0.15, -0.1) is 11.3 Å². The third-order valence-electron chi connectivity index (χ3n) is 6.95. The van der Waals surface area contributed by atoms with Gasteiger partial charge in [0.25, 0.3) is 5.91 Å². The second-order valence-electron chi connectivity index (χ2n) is 9.76. The number of rotatable bonds is 3. The SMILES string of the molecule is Cc1ccc2c(C(=O)N3CCN(C4CCN(C(=O)OC(C)(C)C(F)(F)F)CC4)CC3)c(N)sc2c1. The highest BCUT2D eigenvalue weighted by Gasteiger charge is 2.51. The number of carbonyl (C=O) groups excluding carboxylic acids is 2. The molecule has 192 valence electrons. The van der Waals surface area contributed by atoms with Gasteiger partial charge >= 0.3 is 12.3 Å². The predicted octanol–water partition coefficient (Wildman–Crippen LogP) is 4.49. The minimum absolute atomic E-state index is 0.0536. The van der Waals surface area contributed by atoms with Gasteiger partial charge in [0, 0.05) is 55.4 Å². The number of aryl methyl sites for hydroxylation is 1. The van der Waals surface area contributed by atoms with Crippen molar-refractivity contribution in [2.75, 3.05) is 45.0 Å². The van der Waals surface area contributed by atoms with Crippen LogP contribution in [-0.2, 0) is 4.74 Å². The van der Waals surface area contributed by atoms with Gasteiger partial charge in [-0.1, -0.05) is 12.1 Å². The van der Waals surface area contributed by atoms with Crippen LogP contribution in [0.2, 0.25) is 0 Å². The molecule has 2 aliphatic heterocycles. The fourth-order valence-electron chi connectivity index (χ4n) is 4.65. The van der Waals surface area contributed by atoms with E-state index in [1.54, 1.807) is 0 Å². The van der Waals surface area contributed by atoms with Gasteiger partial charge in [0.1, 0.15) is 0 Å². The van der Waals surface area contributed by atoms with Crippen molar-refractivity contribution in [3.8, 4) is 0 Å². The molecule has 2 N–H and O–H groups in total. The van der Waals surface area contributed by atoms with Crippen molar-refractivity contribution in [2.45, 2.75) is 51.4 Å². The molecule has 0 bridgehead atoms. The highest BCUT2D eigenvalue weighted by molar-refractivity contribution is 7.23. The number of halogens is 3. The smallest absolute Gasteiger partial charge is 0.427 e. The standard InChI is InChI=1S/C24H31F3N4O3S/c1-15-4-5-17-18(14-15)35-20(28)19(17)21(32)30-12-10-29(11-13-30)16-6-8-31(9-7-16)22(33)34-23(2,3)24(25,26)27/h4-5,14,16H,6-13,28H2,1-3H3. The summed E-state index contributed by atoms with van der Waals surface area (Å²) in [6.07, 6.45) is -4.26. The van der Waals surface area contributed by atoms with E-state index in [1.165, 1.54) is 16.2 Å². The molecular weight excluding hydrogens is 481 g/mol. The van der Waals surface area contributed by atoms with Crippen LogP contribution in [0.4, 0.5) is 23.0 Å². The first-order chi connectivity index (χ1) is 16.4. The normalized spacial score (nSPS) is 18.8. The molecule has 2 aromatic rings. The Morgan fingerprint density at radius 2 is 1.66 bits per heavy atom. The number of alkyl halides is 3. The average Bonchev–Trinajstić information content (AvgIpc) is 3.12.